The molecule has 1 aromatic heterocycles. The van der Waals surface area contributed by atoms with Crippen LogP contribution in [0.2, 0.25) is 0 Å². The van der Waals surface area contributed by atoms with Crippen molar-refractivity contribution in [1.29, 1.82) is 0 Å². The molecule has 0 radical (unpaired) electrons. The van der Waals surface area contributed by atoms with E-state index in [0.717, 1.165) is 10.6 Å². The number of hydrogen-bond acceptors (Lipinski definition) is 6. The smallest absolute Gasteiger partial charge is 0.274 e. The molecule has 0 aliphatic heterocycles. The molecular formula is C25H22FN3O6S. The minimum atomic E-state index is -3.71. The number of carbonyl (C=O) groups excluding carboxylic acids is 2. The zero-order valence-corrected chi connectivity index (χ0v) is 20.4. The topological polar surface area (TPSA) is 132 Å². The van der Waals surface area contributed by atoms with Crippen molar-refractivity contribution in [1.82, 2.24) is 5.48 Å². The highest BCUT2D eigenvalue weighted by molar-refractivity contribution is 7.92. The molecule has 0 unspecified atom stereocenters. The maximum absolute atomic E-state index is 13.5. The standard InChI is InChI=1S/C25H22FN3O6S/c1-29(36(3,32)33)20-13-21-19(12-18(20)15-5-4-6-16(11-15)25(31)28-34-2)22(24(27)30)23(35-21)14-7-9-17(26)10-8-14/h4-13H,1-3H3,(H2,27,30)(H,28,31). The largest absolute Gasteiger partial charge is 0.455 e. The maximum Gasteiger partial charge on any atom is 0.274 e. The Morgan fingerprint density at radius 2 is 1.75 bits per heavy atom. The number of halogens is 1. The number of amides is 2. The first-order chi connectivity index (χ1) is 17.0. The number of sulfonamides is 1. The molecule has 3 N–H and O–H groups in total. The molecule has 0 bridgehead atoms. The first kappa shape index (κ1) is 24.9. The minimum Gasteiger partial charge on any atom is -0.455 e. The zero-order valence-electron chi connectivity index (χ0n) is 19.5. The summed E-state index contributed by atoms with van der Waals surface area (Å²) in [6.07, 6.45) is 1.05. The van der Waals surface area contributed by atoms with Gasteiger partial charge in [-0.15, -0.1) is 0 Å². The van der Waals surface area contributed by atoms with E-state index in [9.17, 15) is 22.4 Å². The number of furan rings is 1. The van der Waals surface area contributed by atoms with Gasteiger partial charge >= 0.3 is 0 Å². The molecule has 0 fully saturated rings. The molecule has 0 spiro atoms. The van der Waals surface area contributed by atoms with Gasteiger partial charge < -0.3 is 10.2 Å². The van der Waals surface area contributed by atoms with Gasteiger partial charge in [0.2, 0.25) is 10.0 Å². The quantitative estimate of drug-likeness (QED) is 0.364. The van der Waals surface area contributed by atoms with Gasteiger partial charge in [-0.1, -0.05) is 12.1 Å². The van der Waals surface area contributed by atoms with E-state index in [2.05, 4.69) is 10.3 Å². The first-order valence-corrected chi connectivity index (χ1v) is 12.4. The van der Waals surface area contributed by atoms with Gasteiger partial charge in [-0.25, -0.2) is 18.3 Å². The Labute approximate surface area is 206 Å². The normalized spacial score (nSPS) is 11.4. The van der Waals surface area contributed by atoms with Crippen molar-refractivity contribution < 1.29 is 31.7 Å². The Hall–Kier alpha value is -4.22. The summed E-state index contributed by atoms with van der Waals surface area (Å²) in [6.45, 7) is 0. The fourth-order valence-corrected chi connectivity index (χ4v) is 4.34. The van der Waals surface area contributed by atoms with Gasteiger partial charge in [-0.2, -0.15) is 0 Å². The van der Waals surface area contributed by atoms with Crippen molar-refractivity contribution >= 4 is 38.5 Å². The molecule has 3 aromatic carbocycles. The molecule has 0 aliphatic rings. The van der Waals surface area contributed by atoms with Gasteiger partial charge in [-0.05, 0) is 48.0 Å². The van der Waals surface area contributed by atoms with E-state index in [1.807, 2.05) is 0 Å². The van der Waals surface area contributed by atoms with Crippen LogP contribution in [0.1, 0.15) is 20.7 Å². The molecule has 1 heterocycles. The number of nitrogens with two attached hydrogens (primary N) is 1. The lowest BCUT2D eigenvalue weighted by Gasteiger charge is -2.21. The van der Waals surface area contributed by atoms with Crippen LogP contribution in [0.25, 0.3) is 33.4 Å². The number of anilines is 1. The third-order valence-electron chi connectivity index (χ3n) is 5.63. The summed E-state index contributed by atoms with van der Waals surface area (Å²) in [5.41, 5.74) is 10.00. The van der Waals surface area contributed by atoms with Crippen molar-refractivity contribution in [2.45, 2.75) is 0 Å². The predicted octanol–water partition coefficient (Wildman–Crippen LogP) is 3.69. The average molecular weight is 512 g/mol. The Morgan fingerprint density at radius 1 is 1.06 bits per heavy atom. The van der Waals surface area contributed by atoms with Gasteiger partial charge in [0.15, 0.2) is 0 Å². The molecule has 0 atom stereocenters. The zero-order chi connectivity index (χ0) is 26.2. The van der Waals surface area contributed by atoms with E-state index in [-0.39, 0.29) is 28.2 Å². The number of nitrogens with one attached hydrogen (secondary N) is 1. The SMILES string of the molecule is CONC(=O)c1cccc(-c2cc3c(C(N)=O)c(-c4ccc(F)cc4)oc3cc2N(C)S(C)(=O)=O)c1. The molecule has 186 valence electrons. The number of rotatable bonds is 7. The molecule has 4 aromatic rings. The number of primary amides is 1. The third-order valence-corrected chi connectivity index (χ3v) is 6.82. The van der Waals surface area contributed by atoms with E-state index in [0.29, 0.717) is 22.1 Å². The van der Waals surface area contributed by atoms with Gasteiger partial charge in [0.25, 0.3) is 11.8 Å². The summed E-state index contributed by atoms with van der Waals surface area (Å²) in [6, 6.07) is 14.8. The highest BCUT2D eigenvalue weighted by Gasteiger charge is 2.25. The number of carbonyl (C=O) groups is 2. The Kier molecular flexibility index (Phi) is 6.53. The molecule has 36 heavy (non-hydrogen) atoms. The van der Waals surface area contributed by atoms with Crippen LogP contribution in [0.4, 0.5) is 10.1 Å². The van der Waals surface area contributed by atoms with Crippen LogP contribution in [0.5, 0.6) is 0 Å². The number of nitrogens with zero attached hydrogens (tertiary/aromatic N) is 1. The fourth-order valence-electron chi connectivity index (χ4n) is 3.83. The highest BCUT2D eigenvalue weighted by Crippen LogP contribution is 2.41. The summed E-state index contributed by atoms with van der Waals surface area (Å²) in [5, 5.41) is 0.328. The van der Waals surface area contributed by atoms with Crippen molar-refractivity contribution in [3.05, 3.63) is 77.6 Å². The fraction of sp³-hybridized carbons (Fsp3) is 0.120. The second kappa shape index (κ2) is 9.44. The van der Waals surface area contributed by atoms with E-state index in [4.69, 9.17) is 10.2 Å². The predicted molar refractivity (Wildman–Crippen MR) is 133 cm³/mol. The van der Waals surface area contributed by atoms with E-state index < -0.39 is 27.7 Å². The molecular weight excluding hydrogens is 489 g/mol. The van der Waals surface area contributed by atoms with Crippen LogP contribution in [0.15, 0.2) is 65.1 Å². The molecule has 0 saturated carbocycles. The lowest BCUT2D eigenvalue weighted by atomic mass is 9.97. The monoisotopic (exact) mass is 511 g/mol. The summed E-state index contributed by atoms with van der Waals surface area (Å²) >= 11 is 0. The molecule has 9 nitrogen and oxygen atoms in total. The van der Waals surface area contributed by atoms with Crippen LogP contribution < -0.4 is 15.5 Å². The lowest BCUT2D eigenvalue weighted by molar-refractivity contribution is 0.0537. The highest BCUT2D eigenvalue weighted by atomic mass is 32.2. The number of hydroxylamine groups is 1. The van der Waals surface area contributed by atoms with Crippen LogP contribution in [-0.4, -0.2) is 40.6 Å². The van der Waals surface area contributed by atoms with Crippen molar-refractivity contribution in [2.75, 3.05) is 24.7 Å². The third kappa shape index (κ3) is 4.66. The Bertz CT molecular complexity index is 1600. The molecule has 11 heteroatoms. The molecule has 0 saturated heterocycles. The van der Waals surface area contributed by atoms with Crippen LogP contribution >= 0.6 is 0 Å². The van der Waals surface area contributed by atoms with Crippen molar-refractivity contribution in [3.8, 4) is 22.5 Å². The van der Waals surface area contributed by atoms with E-state index in [1.165, 1.54) is 44.5 Å². The first-order valence-electron chi connectivity index (χ1n) is 10.5. The van der Waals surface area contributed by atoms with Gasteiger partial charge in [-0.3, -0.25) is 18.7 Å². The lowest BCUT2D eigenvalue weighted by Crippen LogP contribution is -2.25. The van der Waals surface area contributed by atoms with E-state index in [1.54, 1.807) is 30.3 Å². The summed E-state index contributed by atoms with van der Waals surface area (Å²) in [7, 11) is -1.03. The number of hydrogen-bond donors (Lipinski definition) is 2. The average Bonchev–Trinajstić information content (AvgIpc) is 3.21. The van der Waals surface area contributed by atoms with Crippen LogP contribution in [0, 0.1) is 5.82 Å². The molecule has 0 aliphatic carbocycles. The minimum absolute atomic E-state index is 0.0553. The maximum atomic E-state index is 13.5. The van der Waals surface area contributed by atoms with Crippen LogP contribution in [0.3, 0.4) is 0 Å². The van der Waals surface area contributed by atoms with E-state index >= 15 is 0 Å². The van der Waals surface area contributed by atoms with Gasteiger partial charge in [0.1, 0.15) is 17.2 Å². The summed E-state index contributed by atoms with van der Waals surface area (Å²) < 4.78 is 45.4. The second-order valence-electron chi connectivity index (χ2n) is 7.99. The summed E-state index contributed by atoms with van der Waals surface area (Å²) in [4.78, 5) is 29.5. The number of fused-ring (bicyclic) bond motifs is 1. The van der Waals surface area contributed by atoms with Crippen molar-refractivity contribution in [2.24, 2.45) is 5.73 Å². The molecule has 2 amide bonds. The van der Waals surface area contributed by atoms with Crippen LogP contribution in [-0.2, 0) is 14.9 Å². The van der Waals surface area contributed by atoms with Crippen molar-refractivity contribution in [3.63, 3.8) is 0 Å². The van der Waals surface area contributed by atoms with Gasteiger partial charge in [0, 0.05) is 35.2 Å². The van der Waals surface area contributed by atoms with Gasteiger partial charge in [0.05, 0.1) is 24.6 Å². The number of benzene rings is 3. The summed E-state index contributed by atoms with van der Waals surface area (Å²) in [5.74, 6) is -1.63. The molecule has 4 rings (SSSR count). The Balaban J connectivity index is 2.03. The second-order valence-corrected chi connectivity index (χ2v) is 10.0. The Morgan fingerprint density at radius 3 is 2.36 bits per heavy atom.